The van der Waals surface area contributed by atoms with Crippen LogP contribution in [-0.4, -0.2) is 27.3 Å². The summed E-state index contributed by atoms with van der Waals surface area (Å²) in [6.45, 7) is 0. The number of nitrogens with zero attached hydrogens (tertiary/aromatic N) is 2. The summed E-state index contributed by atoms with van der Waals surface area (Å²) in [6.07, 6.45) is 1.82. The number of carbonyl (C=O) groups is 1. The SMILES string of the molecule is CSc1nc2ccc(C(=O)O)nc2o1. The van der Waals surface area contributed by atoms with E-state index in [4.69, 9.17) is 9.52 Å². The Hall–Kier alpha value is -1.56. The van der Waals surface area contributed by atoms with Crippen molar-refractivity contribution in [2.75, 3.05) is 6.26 Å². The van der Waals surface area contributed by atoms with Gasteiger partial charge in [0.25, 0.3) is 5.22 Å². The second-order valence-corrected chi connectivity index (χ2v) is 3.27. The standard InChI is InChI=1S/C8H6N2O3S/c1-14-8-10-4-2-3-5(7(11)12)9-6(4)13-8/h2-3H,1H3,(H,11,12). The van der Waals surface area contributed by atoms with Crippen molar-refractivity contribution in [2.45, 2.75) is 5.22 Å². The van der Waals surface area contributed by atoms with E-state index in [1.54, 1.807) is 6.07 Å². The number of carboxylic acid groups (broad SMARTS) is 1. The summed E-state index contributed by atoms with van der Waals surface area (Å²) in [5, 5.41) is 9.16. The van der Waals surface area contributed by atoms with Crippen LogP contribution in [0.25, 0.3) is 11.2 Å². The lowest BCUT2D eigenvalue weighted by molar-refractivity contribution is 0.0690. The Balaban J connectivity index is 2.59. The van der Waals surface area contributed by atoms with Gasteiger partial charge in [0.15, 0.2) is 5.69 Å². The predicted molar refractivity (Wildman–Crippen MR) is 50.5 cm³/mol. The average molecular weight is 210 g/mol. The number of carboxylic acids is 1. The molecule has 6 heteroatoms. The van der Waals surface area contributed by atoms with Crippen LogP contribution in [0, 0.1) is 0 Å². The first-order chi connectivity index (χ1) is 6.70. The van der Waals surface area contributed by atoms with Crippen molar-refractivity contribution in [3.8, 4) is 0 Å². The molecule has 2 aromatic rings. The van der Waals surface area contributed by atoms with Crippen LogP contribution in [0.4, 0.5) is 0 Å². The van der Waals surface area contributed by atoms with Gasteiger partial charge in [-0.2, -0.15) is 0 Å². The fraction of sp³-hybridized carbons (Fsp3) is 0.125. The normalized spacial score (nSPS) is 10.6. The average Bonchev–Trinajstić information content (AvgIpc) is 2.58. The molecule has 0 spiro atoms. The van der Waals surface area contributed by atoms with Crippen LogP contribution in [0.5, 0.6) is 0 Å². The molecule has 2 heterocycles. The summed E-state index contributed by atoms with van der Waals surface area (Å²) in [5.41, 5.74) is 0.787. The van der Waals surface area contributed by atoms with E-state index in [0.717, 1.165) is 0 Å². The highest BCUT2D eigenvalue weighted by atomic mass is 32.2. The van der Waals surface area contributed by atoms with Gasteiger partial charge in [0.1, 0.15) is 5.52 Å². The zero-order valence-corrected chi connectivity index (χ0v) is 8.04. The third-order valence-electron chi connectivity index (χ3n) is 1.63. The van der Waals surface area contributed by atoms with Gasteiger partial charge in [-0.25, -0.2) is 14.8 Å². The van der Waals surface area contributed by atoms with E-state index in [1.807, 2.05) is 6.26 Å². The molecule has 0 saturated carbocycles. The number of oxazole rings is 1. The molecule has 5 nitrogen and oxygen atoms in total. The molecule has 0 radical (unpaired) electrons. The summed E-state index contributed by atoms with van der Waals surface area (Å²) < 4.78 is 5.19. The minimum atomic E-state index is -1.07. The van der Waals surface area contributed by atoms with Crippen LogP contribution in [0.15, 0.2) is 21.8 Å². The number of aromatic nitrogens is 2. The van der Waals surface area contributed by atoms with Gasteiger partial charge in [0.05, 0.1) is 0 Å². The third kappa shape index (κ3) is 1.44. The highest BCUT2D eigenvalue weighted by Gasteiger charge is 2.10. The summed E-state index contributed by atoms with van der Waals surface area (Å²) in [7, 11) is 0. The molecule has 0 aromatic carbocycles. The highest BCUT2D eigenvalue weighted by molar-refractivity contribution is 7.98. The molecule has 1 N–H and O–H groups in total. The van der Waals surface area contributed by atoms with Crippen molar-refractivity contribution in [1.29, 1.82) is 0 Å². The minimum Gasteiger partial charge on any atom is -0.477 e. The number of rotatable bonds is 2. The van der Waals surface area contributed by atoms with Gasteiger partial charge in [-0.15, -0.1) is 0 Å². The Morgan fingerprint density at radius 3 is 2.93 bits per heavy atom. The van der Waals surface area contributed by atoms with Crippen molar-refractivity contribution >= 4 is 29.0 Å². The number of hydrogen-bond acceptors (Lipinski definition) is 5. The van der Waals surface area contributed by atoms with Gasteiger partial charge < -0.3 is 9.52 Å². The summed E-state index contributed by atoms with van der Waals surface area (Å²) in [6, 6.07) is 2.98. The summed E-state index contributed by atoms with van der Waals surface area (Å²) in [4.78, 5) is 18.5. The van der Waals surface area contributed by atoms with E-state index in [0.29, 0.717) is 10.7 Å². The molecule has 14 heavy (non-hydrogen) atoms. The van der Waals surface area contributed by atoms with Crippen molar-refractivity contribution < 1.29 is 14.3 Å². The quantitative estimate of drug-likeness (QED) is 0.759. The molecule has 0 amide bonds. The van der Waals surface area contributed by atoms with Gasteiger partial charge in [-0.05, 0) is 18.4 Å². The molecule has 0 saturated heterocycles. The topological polar surface area (TPSA) is 76.2 Å². The van der Waals surface area contributed by atoms with E-state index in [9.17, 15) is 4.79 Å². The van der Waals surface area contributed by atoms with Gasteiger partial charge in [-0.3, -0.25) is 0 Å². The Labute approximate surface area is 83.2 Å². The van der Waals surface area contributed by atoms with E-state index >= 15 is 0 Å². The van der Waals surface area contributed by atoms with Gasteiger partial charge >= 0.3 is 5.97 Å². The fourth-order valence-electron chi connectivity index (χ4n) is 1.00. The predicted octanol–water partition coefficient (Wildman–Crippen LogP) is 1.64. The Bertz CT molecular complexity index is 494. The van der Waals surface area contributed by atoms with E-state index in [-0.39, 0.29) is 11.4 Å². The lowest BCUT2D eigenvalue weighted by Gasteiger charge is -1.90. The van der Waals surface area contributed by atoms with Crippen molar-refractivity contribution in [1.82, 2.24) is 9.97 Å². The molecular weight excluding hydrogens is 204 g/mol. The fourth-order valence-corrected chi connectivity index (χ4v) is 1.36. The van der Waals surface area contributed by atoms with Crippen LogP contribution in [-0.2, 0) is 0 Å². The molecule has 0 aliphatic carbocycles. The van der Waals surface area contributed by atoms with Gasteiger partial charge in [-0.1, -0.05) is 11.8 Å². The van der Waals surface area contributed by atoms with Gasteiger partial charge in [0, 0.05) is 0 Å². The molecule has 2 aromatic heterocycles. The van der Waals surface area contributed by atoms with Gasteiger partial charge in [0.2, 0.25) is 5.71 Å². The van der Waals surface area contributed by atoms with Crippen LogP contribution >= 0.6 is 11.8 Å². The molecule has 0 fully saturated rings. The molecule has 0 atom stereocenters. The molecule has 0 aliphatic heterocycles. The van der Waals surface area contributed by atoms with E-state index < -0.39 is 5.97 Å². The number of fused-ring (bicyclic) bond motifs is 1. The maximum Gasteiger partial charge on any atom is 0.354 e. The monoisotopic (exact) mass is 210 g/mol. The van der Waals surface area contributed by atoms with Crippen LogP contribution in [0.3, 0.4) is 0 Å². The van der Waals surface area contributed by atoms with E-state index in [1.165, 1.54) is 17.8 Å². The minimum absolute atomic E-state index is 0.0405. The highest BCUT2D eigenvalue weighted by Crippen LogP contribution is 2.20. The molecule has 2 rings (SSSR count). The molecule has 72 valence electrons. The number of hydrogen-bond donors (Lipinski definition) is 1. The van der Waals surface area contributed by atoms with Crippen LogP contribution in [0.2, 0.25) is 0 Å². The smallest absolute Gasteiger partial charge is 0.354 e. The number of aromatic carboxylic acids is 1. The Morgan fingerprint density at radius 1 is 1.50 bits per heavy atom. The second kappa shape index (κ2) is 3.30. The number of pyridine rings is 1. The largest absolute Gasteiger partial charge is 0.477 e. The third-order valence-corrected chi connectivity index (χ3v) is 2.15. The van der Waals surface area contributed by atoms with E-state index in [2.05, 4.69) is 9.97 Å². The van der Waals surface area contributed by atoms with Crippen molar-refractivity contribution in [3.63, 3.8) is 0 Å². The summed E-state index contributed by atoms with van der Waals surface area (Å²) >= 11 is 1.34. The van der Waals surface area contributed by atoms with Crippen LogP contribution in [0.1, 0.15) is 10.5 Å². The zero-order valence-electron chi connectivity index (χ0n) is 7.22. The Morgan fingerprint density at radius 2 is 2.29 bits per heavy atom. The first-order valence-electron chi connectivity index (χ1n) is 3.75. The zero-order chi connectivity index (χ0) is 10.1. The summed E-state index contributed by atoms with van der Waals surface area (Å²) in [5.74, 6) is -1.07. The molecule has 0 aliphatic rings. The maximum absolute atomic E-state index is 10.6. The maximum atomic E-state index is 10.6. The second-order valence-electron chi connectivity index (χ2n) is 2.51. The first kappa shape index (κ1) is 9.01. The van der Waals surface area contributed by atoms with Crippen molar-refractivity contribution in [2.24, 2.45) is 0 Å². The Kier molecular flexibility index (Phi) is 2.12. The number of thioether (sulfide) groups is 1. The lowest BCUT2D eigenvalue weighted by Crippen LogP contribution is -1.98. The molecule has 0 unspecified atom stereocenters. The van der Waals surface area contributed by atoms with Crippen molar-refractivity contribution in [3.05, 3.63) is 17.8 Å². The van der Waals surface area contributed by atoms with Crippen LogP contribution < -0.4 is 0 Å². The molecule has 0 bridgehead atoms. The first-order valence-corrected chi connectivity index (χ1v) is 4.98. The lowest BCUT2D eigenvalue weighted by atomic mass is 10.3. The molecular formula is C8H6N2O3S.